The van der Waals surface area contributed by atoms with Crippen LogP contribution in [0.1, 0.15) is 23.7 Å². The minimum absolute atomic E-state index is 0.00895. The lowest BCUT2D eigenvalue weighted by molar-refractivity contribution is -0.121. The summed E-state index contributed by atoms with van der Waals surface area (Å²) in [6.45, 7) is 1.52. The first-order valence-electron chi connectivity index (χ1n) is 11.3. The van der Waals surface area contributed by atoms with Crippen LogP contribution >= 0.6 is 24.0 Å². The number of H-pyrrole nitrogens is 1. The first-order chi connectivity index (χ1) is 17.4. The van der Waals surface area contributed by atoms with E-state index in [0.29, 0.717) is 16.4 Å². The highest BCUT2D eigenvalue weighted by atomic mass is 32.2. The average molecular weight is 515 g/mol. The minimum atomic E-state index is -0.476. The number of rotatable bonds is 6. The molecule has 2 heterocycles. The van der Waals surface area contributed by atoms with Gasteiger partial charge in [0.2, 0.25) is 11.8 Å². The number of Topliss-reactive ketones (excluding diaryl/α,β-unsaturated/α-hetero) is 1. The van der Waals surface area contributed by atoms with Crippen LogP contribution in [0, 0.1) is 0 Å². The van der Waals surface area contributed by atoms with Gasteiger partial charge >= 0.3 is 0 Å². The number of nitrogens with one attached hydrogen (secondary N) is 3. The van der Waals surface area contributed by atoms with Crippen LogP contribution in [0.15, 0.2) is 83.9 Å². The predicted octanol–water partition coefficient (Wildman–Crippen LogP) is 5.60. The number of imide groups is 1. The summed E-state index contributed by atoms with van der Waals surface area (Å²) in [4.78, 5) is 42.4. The molecule has 3 aromatic carbocycles. The molecule has 3 N–H and O–H groups in total. The molecule has 7 nitrogen and oxygen atoms in total. The van der Waals surface area contributed by atoms with Crippen LogP contribution in [0.4, 0.5) is 17.1 Å². The molecule has 5 rings (SSSR count). The summed E-state index contributed by atoms with van der Waals surface area (Å²) in [7, 11) is 0. The maximum absolute atomic E-state index is 13.1. The molecule has 0 spiro atoms. The number of anilines is 3. The molecule has 0 saturated carbocycles. The van der Waals surface area contributed by atoms with Gasteiger partial charge in [0.05, 0.1) is 10.9 Å². The number of carbonyl (C=O) groups excluding carboxylic acids is 3. The third kappa shape index (κ3) is 5.02. The number of hydrogen-bond donors (Lipinski definition) is 3. The van der Waals surface area contributed by atoms with E-state index in [9.17, 15) is 14.4 Å². The molecular formula is C27H22N4O3S2. The van der Waals surface area contributed by atoms with Crippen LogP contribution in [0.5, 0.6) is 0 Å². The molecule has 180 valence electrons. The van der Waals surface area contributed by atoms with Crippen molar-refractivity contribution in [3.05, 3.63) is 84.6 Å². The first kappa shape index (κ1) is 23.8. The Morgan fingerprint density at radius 1 is 0.972 bits per heavy atom. The number of fused-ring (bicyclic) bond motifs is 1. The van der Waals surface area contributed by atoms with E-state index in [2.05, 4.69) is 15.6 Å². The van der Waals surface area contributed by atoms with Gasteiger partial charge in [-0.3, -0.25) is 14.4 Å². The van der Waals surface area contributed by atoms with Gasteiger partial charge in [-0.15, -0.1) is 11.8 Å². The Hall–Kier alpha value is -3.95. The molecule has 0 aliphatic carbocycles. The number of thioether (sulfide) groups is 1. The number of nitrogens with zero attached hydrogens (tertiary/aromatic N) is 1. The van der Waals surface area contributed by atoms with Gasteiger partial charge in [0, 0.05) is 40.0 Å². The van der Waals surface area contributed by atoms with Crippen molar-refractivity contribution in [3.8, 4) is 0 Å². The van der Waals surface area contributed by atoms with Gasteiger partial charge in [-0.25, -0.2) is 4.90 Å². The molecule has 1 unspecified atom stereocenters. The van der Waals surface area contributed by atoms with Crippen LogP contribution in [0.2, 0.25) is 0 Å². The van der Waals surface area contributed by atoms with Gasteiger partial charge in [0.1, 0.15) is 0 Å². The molecule has 1 saturated heterocycles. The molecule has 1 fully saturated rings. The Bertz CT molecular complexity index is 1480. The zero-order chi connectivity index (χ0) is 25.2. The van der Waals surface area contributed by atoms with Crippen molar-refractivity contribution >= 4 is 74.7 Å². The Morgan fingerprint density at radius 2 is 1.64 bits per heavy atom. The number of ketones is 1. The third-order valence-corrected chi connectivity index (χ3v) is 7.24. The van der Waals surface area contributed by atoms with E-state index in [1.165, 1.54) is 23.6 Å². The number of benzene rings is 3. The molecule has 1 atom stereocenters. The van der Waals surface area contributed by atoms with Crippen LogP contribution in [-0.4, -0.2) is 32.9 Å². The molecule has 9 heteroatoms. The van der Waals surface area contributed by atoms with Gasteiger partial charge in [0.25, 0.3) is 0 Å². The lowest BCUT2D eigenvalue weighted by Crippen LogP contribution is -2.31. The molecule has 4 aromatic rings. The van der Waals surface area contributed by atoms with Crippen molar-refractivity contribution < 1.29 is 14.4 Å². The lowest BCUT2D eigenvalue weighted by Gasteiger charge is -2.15. The highest BCUT2D eigenvalue weighted by molar-refractivity contribution is 8.00. The summed E-state index contributed by atoms with van der Waals surface area (Å²) in [5.74, 6) is -0.400. The maximum atomic E-state index is 13.1. The van der Waals surface area contributed by atoms with E-state index in [1.807, 2.05) is 48.7 Å². The van der Waals surface area contributed by atoms with E-state index >= 15 is 0 Å². The lowest BCUT2D eigenvalue weighted by atomic mass is 10.1. The van der Waals surface area contributed by atoms with E-state index in [-0.39, 0.29) is 24.0 Å². The first-order valence-corrected chi connectivity index (χ1v) is 12.6. The molecule has 1 aromatic heterocycles. The smallest absolute Gasteiger partial charge is 0.247 e. The van der Waals surface area contributed by atoms with Crippen LogP contribution in [0.3, 0.4) is 0 Å². The largest absolute Gasteiger partial charge is 0.361 e. The number of aromatic nitrogens is 1. The average Bonchev–Trinajstić information content (AvgIpc) is 3.43. The van der Waals surface area contributed by atoms with E-state index in [0.717, 1.165) is 27.2 Å². The molecule has 0 radical (unpaired) electrons. The Balaban J connectivity index is 1.19. The molecular weight excluding hydrogens is 492 g/mol. The number of carbonyl (C=O) groups is 3. The van der Waals surface area contributed by atoms with E-state index < -0.39 is 5.25 Å². The van der Waals surface area contributed by atoms with E-state index in [4.69, 9.17) is 12.2 Å². The van der Waals surface area contributed by atoms with Gasteiger partial charge < -0.3 is 15.6 Å². The van der Waals surface area contributed by atoms with Crippen molar-refractivity contribution in [1.29, 1.82) is 0 Å². The predicted molar refractivity (Wildman–Crippen MR) is 148 cm³/mol. The third-order valence-electron chi connectivity index (χ3n) is 5.84. The summed E-state index contributed by atoms with van der Waals surface area (Å²) < 4.78 is 0. The zero-order valence-electron chi connectivity index (χ0n) is 19.3. The molecule has 2 amide bonds. The maximum Gasteiger partial charge on any atom is 0.247 e. The molecule has 36 heavy (non-hydrogen) atoms. The molecule has 0 bridgehead atoms. The topological polar surface area (TPSA) is 94.3 Å². The standard InChI is InChI=1S/C27H22N4O3S2/c1-16(32)17-2-5-19(6-3-17)29-27(35)30-20-7-10-22(11-8-20)36-24-15-25(33)31(26(24)34)21-9-4-18-12-13-28-23(18)14-21/h2-14,24,28H,15H2,1H3,(H2,29,30,35). The highest BCUT2D eigenvalue weighted by Crippen LogP contribution is 2.35. The second-order valence-electron chi connectivity index (χ2n) is 8.36. The SMILES string of the molecule is CC(=O)c1ccc(NC(=S)Nc2ccc(SC3CC(=O)N(c4ccc5cc[nH]c5c4)C3=O)cc2)cc1. The van der Waals surface area contributed by atoms with Crippen molar-refractivity contribution in [3.63, 3.8) is 0 Å². The minimum Gasteiger partial charge on any atom is -0.361 e. The van der Waals surface area contributed by atoms with E-state index in [1.54, 1.807) is 30.3 Å². The van der Waals surface area contributed by atoms with Crippen LogP contribution < -0.4 is 15.5 Å². The summed E-state index contributed by atoms with van der Waals surface area (Å²) >= 11 is 6.76. The van der Waals surface area contributed by atoms with Gasteiger partial charge in [-0.1, -0.05) is 6.07 Å². The highest BCUT2D eigenvalue weighted by Gasteiger charge is 2.40. The van der Waals surface area contributed by atoms with Crippen molar-refractivity contribution in [2.75, 3.05) is 15.5 Å². The van der Waals surface area contributed by atoms with Crippen LogP contribution in [0.25, 0.3) is 10.9 Å². The summed E-state index contributed by atoms with van der Waals surface area (Å²) in [5.41, 5.74) is 3.66. The van der Waals surface area contributed by atoms with Gasteiger partial charge in [-0.05, 0) is 91.3 Å². The Morgan fingerprint density at radius 3 is 2.31 bits per heavy atom. The van der Waals surface area contributed by atoms with Crippen molar-refractivity contribution in [1.82, 2.24) is 4.98 Å². The van der Waals surface area contributed by atoms with Crippen molar-refractivity contribution in [2.24, 2.45) is 0 Å². The zero-order valence-corrected chi connectivity index (χ0v) is 20.9. The molecule has 1 aliphatic rings. The Kier molecular flexibility index (Phi) is 6.58. The number of amides is 2. The van der Waals surface area contributed by atoms with Gasteiger partial charge in [0.15, 0.2) is 10.9 Å². The summed E-state index contributed by atoms with van der Waals surface area (Å²) in [6.07, 6.45) is 1.98. The van der Waals surface area contributed by atoms with Crippen LogP contribution in [-0.2, 0) is 9.59 Å². The Labute approximate surface area is 217 Å². The fraction of sp³-hybridized carbons (Fsp3) is 0.111. The number of thiocarbonyl (C=S) groups is 1. The normalized spacial score (nSPS) is 15.4. The number of hydrogen-bond acceptors (Lipinski definition) is 5. The summed E-state index contributed by atoms with van der Waals surface area (Å²) in [6, 6.07) is 22.1. The second kappa shape index (κ2) is 9.96. The fourth-order valence-electron chi connectivity index (χ4n) is 4.01. The fourth-order valence-corrected chi connectivity index (χ4v) is 5.29. The van der Waals surface area contributed by atoms with Crippen molar-refractivity contribution in [2.45, 2.75) is 23.5 Å². The number of aromatic amines is 1. The monoisotopic (exact) mass is 514 g/mol. The van der Waals surface area contributed by atoms with Gasteiger partial charge in [-0.2, -0.15) is 0 Å². The molecule has 1 aliphatic heterocycles. The quantitative estimate of drug-likeness (QED) is 0.175. The summed E-state index contributed by atoms with van der Waals surface area (Å²) in [5, 5.41) is 7.17. The second-order valence-corrected chi connectivity index (χ2v) is 10.0.